The predicted molar refractivity (Wildman–Crippen MR) is 134 cm³/mol. The van der Waals surface area contributed by atoms with Crippen molar-refractivity contribution in [3.8, 4) is 0 Å². The fraction of sp³-hybridized carbons (Fsp3) is 0.538. The summed E-state index contributed by atoms with van der Waals surface area (Å²) in [5, 5.41) is 11.3. The van der Waals surface area contributed by atoms with Gasteiger partial charge in [-0.1, -0.05) is 6.07 Å². The molecule has 1 unspecified atom stereocenters. The van der Waals surface area contributed by atoms with Crippen LogP contribution in [0.2, 0.25) is 0 Å². The molecule has 2 aliphatic rings. The van der Waals surface area contributed by atoms with Gasteiger partial charge in [0.1, 0.15) is 30.1 Å². The fourth-order valence-corrected chi connectivity index (χ4v) is 4.83. The first-order valence-corrected chi connectivity index (χ1v) is 12.9. The Bertz CT molecular complexity index is 1210. The number of anilines is 1. The van der Waals surface area contributed by atoms with Crippen molar-refractivity contribution in [2.45, 2.75) is 63.8 Å². The number of nitrogens with two attached hydrogens (primary N) is 1. The van der Waals surface area contributed by atoms with Gasteiger partial charge in [-0.25, -0.2) is 4.39 Å². The standard InChI is InChI=1S/C26H32F4N6O3/c1-13(2)36-19(9-10-33-36)23(37)35-22(20(14-3-4-14)15-5-6-15)25(39)34-18-8-7-16(11-17(18)27)21(31)24(38)32-12-26(28,29)30/h7-11,13-15,20-22H,3-6,12,31H2,1-2H3,(H,32,38)(H,34,39)(H,35,37)/t21?,22-/m0/s1. The molecule has 3 amide bonds. The second kappa shape index (κ2) is 11.3. The third-order valence-electron chi connectivity index (χ3n) is 7.03. The van der Waals surface area contributed by atoms with Crippen LogP contribution in [0.1, 0.15) is 67.7 Å². The van der Waals surface area contributed by atoms with Gasteiger partial charge in [-0.05, 0) is 81.0 Å². The van der Waals surface area contributed by atoms with E-state index in [1.165, 1.54) is 18.3 Å². The molecule has 9 nitrogen and oxygen atoms in total. The van der Waals surface area contributed by atoms with E-state index in [1.807, 2.05) is 13.8 Å². The van der Waals surface area contributed by atoms with Crippen LogP contribution in [0.5, 0.6) is 0 Å². The summed E-state index contributed by atoms with van der Waals surface area (Å²) in [6, 6.07) is 2.37. The molecule has 5 N–H and O–H groups in total. The molecule has 39 heavy (non-hydrogen) atoms. The van der Waals surface area contributed by atoms with Gasteiger partial charge in [-0.3, -0.25) is 19.1 Å². The van der Waals surface area contributed by atoms with Gasteiger partial charge >= 0.3 is 6.18 Å². The molecule has 0 radical (unpaired) electrons. The zero-order valence-electron chi connectivity index (χ0n) is 21.6. The lowest BCUT2D eigenvalue weighted by Gasteiger charge is -2.28. The molecule has 2 saturated carbocycles. The van der Waals surface area contributed by atoms with Gasteiger partial charge in [0.15, 0.2) is 0 Å². The quantitative estimate of drug-likeness (QED) is 0.317. The molecule has 0 bridgehead atoms. The second-order valence-electron chi connectivity index (χ2n) is 10.5. The molecule has 2 aliphatic carbocycles. The van der Waals surface area contributed by atoms with Gasteiger partial charge in [-0.2, -0.15) is 18.3 Å². The third-order valence-corrected chi connectivity index (χ3v) is 7.03. The van der Waals surface area contributed by atoms with E-state index >= 15 is 0 Å². The summed E-state index contributed by atoms with van der Waals surface area (Å²) in [4.78, 5) is 38.7. The highest BCUT2D eigenvalue weighted by atomic mass is 19.4. The number of carbonyl (C=O) groups excluding carboxylic acids is 3. The van der Waals surface area contributed by atoms with E-state index in [-0.39, 0.29) is 35.0 Å². The summed E-state index contributed by atoms with van der Waals surface area (Å²) in [7, 11) is 0. The highest BCUT2D eigenvalue weighted by Gasteiger charge is 2.48. The molecule has 1 aromatic heterocycles. The van der Waals surface area contributed by atoms with Gasteiger partial charge in [-0.15, -0.1) is 0 Å². The lowest BCUT2D eigenvalue weighted by molar-refractivity contribution is -0.139. The monoisotopic (exact) mass is 552 g/mol. The van der Waals surface area contributed by atoms with Crippen molar-refractivity contribution in [1.29, 1.82) is 0 Å². The molecule has 1 heterocycles. The maximum absolute atomic E-state index is 15.0. The van der Waals surface area contributed by atoms with Crippen LogP contribution in [0.15, 0.2) is 30.5 Å². The van der Waals surface area contributed by atoms with Crippen molar-refractivity contribution in [1.82, 2.24) is 20.4 Å². The maximum Gasteiger partial charge on any atom is 0.405 e. The van der Waals surface area contributed by atoms with Crippen molar-refractivity contribution in [3.05, 3.63) is 47.5 Å². The normalized spacial score (nSPS) is 17.2. The fourth-order valence-electron chi connectivity index (χ4n) is 4.83. The number of hydrogen-bond donors (Lipinski definition) is 4. The van der Waals surface area contributed by atoms with Crippen LogP contribution in [0.3, 0.4) is 0 Å². The highest BCUT2D eigenvalue weighted by molar-refractivity contribution is 6.01. The first-order valence-electron chi connectivity index (χ1n) is 12.9. The van der Waals surface area contributed by atoms with Crippen LogP contribution in [-0.2, 0) is 9.59 Å². The number of benzene rings is 1. The Labute approximate surface area is 222 Å². The topological polar surface area (TPSA) is 131 Å². The molecular weight excluding hydrogens is 520 g/mol. The Hall–Kier alpha value is -3.48. The number of carbonyl (C=O) groups is 3. The Morgan fingerprint density at radius 2 is 1.72 bits per heavy atom. The lowest BCUT2D eigenvalue weighted by atomic mass is 9.88. The summed E-state index contributed by atoms with van der Waals surface area (Å²) >= 11 is 0. The number of nitrogens with one attached hydrogen (secondary N) is 3. The number of aromatic nitrogens is 2. The van der Waals surface area contributed by atoms with Crippen LogP contribution in [0, 0.1) is 23.6 Å². The molecule has 0 spiro atoms. The predicted octanol–water partition coefficient (Wildman–Crippen LogP) is 3.45. The van der Waals surface area contributed by atoms with Crippen molar-refractivity contribution in [2.24, 2.45) is 23.5 Å². The van der Waals surface area contributed by atoms with Crippen LogP contribution in [-0.4, -0.2) is 46.3 Å². The molecule has 4 rings (SSSR count). The zero-order valence-corrected chi connectivity index (χ0v) is 21.6. The second-order valence-corrected chi connectivity index (χ2v) is 10.5. The Balaban J connectivity index is 1.50. The summed E-state index contributed by atoms with van der Waals surface area (Å²) in [5.41, 5.74) is 5.74. The molecular formula is C26H32F4N6O3. The Morgan fingerprint density at radius 3 is 2.26 bits per heavy atom. The summed E-state index contributed by atoms with van der Waals surface area (Å²) in [6.45, 7) is 2.19. The van der Waals surface area contributed by atoms with Gasteiger partial charge < -0.3 is 21.7 Å². The Kier molecular flexibility index (Phi) is 8.28. The van der Waals surface area contributed by atoms with Gasteiger partial charge in [0.25, 0.3) is 5.91 Å². The number of amides is 3. The van der Waals surface area contributed by atoms with Crippen molar-refractivity contribution in [3.63, 3.8) is 0 Å². The molecule has 2 aromatic rings. The van der Waals surface area contributed by atoms with Gasteiger partial charge in [0.05, 0.1) is 5.69 Å². The lowest BCUT2D eigenvalue weighted by Crippen LogP contribution is -2.50. The van der Waals surface area contributed by atoms with Crippen LogP contribution >= 0.6 is 0 Å². The highest BCUT2D eigenvalue weighted by Crippen LogP contribution is 2.51. The average molecular weight is 553 g/mol. The summed E-state index contributed by atoms with van der Waals surface area (Å²) < 4.78 is 53.7. The van der Waals surface area contributed by atoms with Crippen LogP contribution in [0.4, 0.5) is 23.2 Å². The maximum atomic E-state index is 15.0. The average Bonchev–Trinajstić information content (AvgIpc) is 3.81. The number of rotatable bonds is 11. The molecule has 1 aromatic carbocycles. The largest absolute Gasteiger partial charge is 0.405 e. The minimum atomic E-state index is -4.62. The molecule has 13 heteroatoms. The van der Waals surface area contributed by atoms with E-state index in [2.05, 4.69) is 15.7 Å². The van der Waals surface area contributed by atoms with E-state index in [9.17, 15) is 31.9 Å². The summed E-state index contributed by atoms with van der Waals surface area (Å²) in [6.07, 6.45) is 0.677. The molecule has 212 valence electrons. The van der Waals surface area contributed by atoms with E-state index < -0.39 is 48.3 Å². The van der Waals surface area contributed by atoms with Gasteiger partial charge in [0.2, 0.25) is 11.8 Å². The van der Waals surface area contributed by atoms with Crippen molar-refractivity contribution >= 4 is 23.4 Å². The Morgan fingerprint density at radius 1 is 1.08 bits per heavy atom. The molecule has 2 fully saturated rings. The molecule has 0 aliphatic heterocycles. The molecule has 0 saturated heterocycles. The van der Waals surface area contributed by atoms with E-state index in [0.717, 1.165) is 31.7 Å². The van der Waals surface area contributed by atoms with Crippen LogP contribution in [0.25, 0.3) is 0 Å². The minimum absolute atomic E-state index is 0.0641. The van der Waals surface area contributed by atoms with E-state index in [1.54, 1.807) is 16.1 Å². The minimum Gasteiger partial charge on any atom is -0.345 e. The number of alkyl halides is 3. The zero-order chi connectivity index (χ0) is 28.5. The van der Waals surface area contributed by atoms with Crippen LogP contribution < -0.4 is 21.7 Å². The van der Waals surface area contributed by atoms with E-state index in [0.29, 0.717) is 5.69 Å². The van der Waals surface area contributed by atoms with Gasteiger partial charge in [0, 0.05) is 12.2 Å². The smallest absolute Gasteiger partial charge is 0.345 e. The summed E-state index contributed by atoms with van der Waals surface area (Å²) in [5.74, 6) is -2.62. The molecule has 2 atom stereocenters. The third kappa shape index (κ3) is 7.14. The van der Waals surface area contributed by atoms with Crippen molar-refractivity contribution in [2.75, 3.05) is 11.9 Å². The first-order chi connectivity index (χ1) is 18.4. The van der Waals surface area contributed by atoms with Crippen molar-refractivity contribution < 1.29 is 31.9 Å². The number of nitrogens with zero attached hydrogens (tertiary/aromatic N) is 2. The number of hydrogen-bond acceptors (Lipinski definition) is 5. The number of halogens is 4. The SMILES string of the molecule is CC(C)n1nccc1C(=O)N[C@H](C(=O)Nc1ccc(C(N)C(=O)NCC(F)(F)F)cc1F)C(C1CC1)C1CC1. The first kappa shape index (κ1) is 28.5. The van der Waals surface area contributed by atoms with E-state index in [4.69, 9.17) is 5.73 Å².